The minimum Gasteiger partial charge on any atom is -0.390 e. The molecule has 1 aliphatic carbocycles. The lowest BCUT2D eigenvalue weighted by molar-refractivity contribution is -0.158. The Bertz CT molecular complexity index is 1290. The molecule has 11 heteroatoms. The van der Waals surface area contributed by atoms with Crippen LogP contribution in [0.5, 0.6) is 0 Å². The van der Waals surface area contributed by atoms with Crippen molar-refractivity contribution in [1.29, 1.82) is 0 Å². The van der Waals surface area contributed by atoms with Gasteiger partial charge in [-0.3, -0.25) is 9.59 Å². The number of aliphatic hydroxyl groups is 3. The van der Waals surface area contributed by atoms with Crippen LogP contribution in [0.1, 0.15) is 24.0 Å². The number of nitrogens with two attached hydrogens (primary N) is 1. The second-order valence-corrected chi connectivity index (χ2v) is 9.56. The Kier molecular flexibility index (Phi) is 7.48. The van der Waals surface area contributed by atoms with Gasteiger partial charge in [-0.25, -0.2) is 4.79 Å². The lowest BCUT2D eigenvalue weighted by Crippen LogP contribution is -2.64. The van der Waals surface area contributed by atoms with Gasteiger partial charge >= 0.3 is 6.03 Å². The van der Waals surface area contributed by atoms with Crippen molar-refractivity contribution in [3.63, 3.8) is 0 Å². The number of fused-ring (bicyclic) bond motifs is 1. The van der Waals surface area contributed by atoms with Crippen molar-refractivity contribution in [3.8, 4) is 0 Å². The number of anilines is 1. The van der Waals surface area contributed by atoms with E-state index in [1.54, 1.807) is 18.3 Å². The monoisotopic (exact) mass is 509 g/mol. The minimum atomic E-state index is -2.17. The first-order valence-electron chi connectivity index (χ1n) is 11.9. The normalized spacial score (nSPS) is 24.3. The second kappa shape index (κ2) is 10.6. The summed E-state index contributed by atoms with van der Waals surface area (Å²) in [6, 6.07) is 11.5. The SMILES string of the molecule is Cc1ccc(NC(=O)NC2CC(O)(C(=O)NC(Cc3c[nH]c4ccccc34)C(N)=O)CC(O)C2O)cc1. The quantitative estimate of drug-likeness (QED) is 0.228. The number of amides is 4. The van der Waals surface area contributed by atoms with Gasteiger partial charge in [0.25, 0.3) is 5.91 Å². The minimum absolute atomic E-state index is 0.0764. The molecule has 3 aromatic rings. The maximum Gasteiger partial charge on any atom is 0.319 e. The number of carbonyl (C=O) groups is 3. The molecule has 1 heterocycles. The van der Waals surface area contributed by atoms with E-state index in [9.17, 15) is 29.7 Å². The van der Waals surface area contributed by atoms with Crippen molar-refractivity contribution < 1.29 is 29.7 Å². The summed E-state index contributed by atoms with van der Waals surface area (Å²) in [6.07, 6.45) is -2.01. The highest BCUT2D eigenvalue weighted by Gasteiger charge is 2.49. The van der Waals surface area contributed by atoms with Crippen LogP contribution in [0.3, 0.4) is 0 Å². The second-order valence-electron chi connectivity index (χ2n) is 9.56. The zero-order chi connectivity index (χ0) is 26.7. The first kappa shape index (κ1) is 26.1. The Hall–Kier alpha value is -3.93. The fraction of sp³-hybridized carbons (Fsp3) is 0.346. The van der Waals surface area contributed by atoms with Crippen LogP contribution in [0, 0.1) is 6.92 Å². The number of urea groups is 1. The number of hydrogen-bond donors (Lipinski definition) is 8. The van der Waals surface area contributed by atoms with Crippen LogP contribution in [0.25, 0.3) is 10.9 Å². The fourth-order valence-corrected chi connectivity index (χ4v) is 4.63. The molecule has 4 amide bonds. The highest BCUT2D eigenvalue weighted by atomic mass is 16.3. The van der Waals surface area contributed by atoms with Crippen LogP contribution < -0.4 is 21.7 Å². The molecular formula is C26H31N5O6. The van der Waals surface area contributed by atoms with Crippen LogP contribution in [0.4, 0.5) is 10.5 Å². The summed E-state index contributed by atoms with van der Waals surface area (Å²) in [5.74, 6) is -1.74. The summed E-state index contributed by atoms with van der Waals surface area (Å²) in [5.41, 5.74) is 6.48. The van der Waals surface area contributed by atoms with Gasteiger partial charge in [0.2, 0.25) is 5.91 Å². The van der Waals surface area contributed by atoms with E-state index in [4.69, 9.17) is 5.73 Å². The molecule has 11 nitrogen and oxygen atoms in total. The molecular weight excluding hydrogens is 478 g/mol. The molecule has 1 fully saturated rings. The molecule has 1 aliphatic rings. The number of primary amides is 1. The maximum atomic E-state index is 13.1. The van der Waals surface area contributed by atoms with E-state index in [2.05, 4.69) is 20.9 Å². The Morgan fingerprint density at radius 3 is 2.51 bits per heavy atom. The smallest absolute Gasteiger partial charge is 0.319 e. The third-order valence-electron chi connectivity index (χ3n) is 6.71. The largest absolute Gasteiger partial charge is 0.390 e. The van der Waals surface area contributed by atoms with Crippen LogP contribution in [-0.4, -0.2) is 68.0 Å². The van der Waals surface area contributed by atoms with Gasteiger partial charge < -0.3 is 42.0 Å². The molecule has 0 bridgehead atoms. The van der Waals surface area contributed by atoms with Crippen molar-refractivity contribution in [3.05, 3.63) is 65.9 Å². The van der Waals surface area contributed by atoms with Gasteiger partial charge in [0.15, 0.2) is 0 Å². The summed E-state index contributed by atoms with van der Waals surface area (Å²) in [5, 5.41) is 40.4. The predicted octanol–water partition coefficient (Wildman–Crippen LogP) is 0.426. The van der Waals surface area contributed by atoms with Gasteiger partial charge in [0.1, 0.15) is 17.7 Å². The molecule has 2 aromatic carbocycles. The van der Waals surface area contributed by atoms with E-state index in [-0.39, 0.29) is 6.42 Å². The van der Waals surface area contributed by atoms with Crippen molar-refractivity contribution in [2.24, 2.45) is 5.73 Å². The molecule has 4 rings (SSSR count). The van der Waals surface area contributed by atoms with Gasteiger partial charge in [0, 0.05) is 42.0 Å². The fourth-order valence-electron chi connectivity index (χ4n) is 4.63. The van der Waals surface area contributed by atoms with Gasteiger partial charge in [-0.05, 0) is 30.7 Å². The van der Waals surface area contributed by atoms with Gasteiger partial charge in [-0.2, -0.15) is 0 Å². The number of carbonyl (C=O) groups excluding carboxylic acids is 3. The molecule has 37 heavy (non-hydrogen) atoms. The molecule has 0 aliphatic heterocycles. The maximum absolute atomic E-state index is 13.1. The Morgan fingerprint density at radius 2 is 1.81 bits per heavy atom. The molecule has 1 saturated carbocycles. The topological polar surface area (TPSA) is 190 Å². The van der Waals surface area contributed by atoms with Gasteiger partial charge in [-0.1, -0.05) is 35.9 Å². The summed E-state index contributed by atoms with van der Waals surface area (Å²) >= 11 is 0. The molecule has 0 spiro atoms. The zero-order valence-electron chi connectivity index (χ0n) is 20.3. The molecule has 1 aromatic heterocycles. The number of hydrogen-bond acceptors (Lipinski definition) is 6. The summed E-state index contributed by atoms with van der Waals surface area (Å²) in [4.78, 5) is 40.9. The predicted molar refractivity (Wildman–Crippen MR) is 136 cm³/mol. The van der Waals surface area contributed by atoms with E-state index >= 15 is 0 Å². The van der Waals surface area contributed by atoms with Gasteiger partial charge in [-0.15, -0.1) is 0 Å². The Labute approximate surface area is 213 Å². The molecule has 0 saturated heterocycles. The number of aliphatic hydroxyl groups excluding tert-OH is 2. The molecule has 9 N–H and O–H groups in total. The van der Waals surface area contributed by atoms with E-state index in [1.807, 2.05) is 43.3 Å². The van der Waals surface area contributed by atoms with E-state index in [1.165, 1.54) is 0 Å². The van der Waals surface area contributed by atoms with Crippen LogP contribution in [0.15, 0.2) is 54.7 Å². The van der Waals surface area contributed by atoms with Crippen LogP contribution in [-0.2, 0) is 16.0 Å². The summed E-state index contributed by atoms with van der Waals surface area (Å²) in [7, 11) is 0. The number of H-pyrrole nitrogens is 1. The number of aromatic amines is 1. The number of para-hydroxylation sites is 1. The van der Waals surface area contributed by atoms with Crippen LogP contribution in [0.2, 0.25) is 0 Å². The van der Waals surface area contributed by atoms with Crippen LogP contribution >= 0.6 is 0 Å². The number of aryl methyl sites for hydroxylation is 1. The highest BCUT2D eigenvalue weighted by Crippen LogP contribution is 2.30. The van der Waals surface area contributed by atoms with Crippen molar-refractivity contribution >= 4 is 34.4 Å². The first-order chi connectivity index (χ1) is 17.6. The van der Waals surface area contributed by atoms with E-state index in [0.29, 0.717) is 5.69 Å². The van der Waals surface area contributed by atoms with Crippen molar-refractivity contribution in [2.75, 3.05) is 5.32 Å². The molecule has 196 valence electrons. The number of aromatic nitrogens is 1. The number of rotatable bonds is 7. The Morgan fingerprint density at radius 1 is 1.11 bits per heavy atom. The third-order valence-corrected chi connectivity index (χ3v) is 6.71. The standard InChI is InChI=1S/C26H31N5O6/c1-14-6-8-16(9-7-14)29-25(36)31-20-11-26(37,12-21(32)22(20)33)24(35)30-19(23(27)34)10-15-13-28-18-5-3-2-4-17(15)18/h2-9,13,19-22,28,32-33,37H,10-12H2,1H3,(H2,27,34)(H,30,35)(H2,29,31,36). The van der Waals surface area contributed by atoms with Gasteiger partial charge in [0.05, 0.1) is 12.1 Å². The zero-order valence-corrected chi connectivity index (χ0v) is 20.3. The average molecular weight is 510 g/mol. The molecule has 5 atom stereocenters. The molecule has 0 radical (unpaired) electrons. The highest BCUT2D eigenvalue weighted by molar-refractivity contribution is 5.92. The van der Waals surface area contributed by atoms with Crippen molar-refractivity contribution in [2.45, 2.75) is 56.1 Å². The summed E-state index contributed by atoms with van der Waals surface area (Å²) in [6.45, 7) is 1.90. The van der Waals surface area contributed by atoms with Crippen molar-refractivity contribution in [1.82, 2.24) is 15.6 Å². The van der Waals surface area contributed by atoms with E-state index in [0.717, 1.165) is 22.0 Å². The lowest BCUT2D eigenvalue weighted by Gasteiger charge is -2.41. The lowest BCUT2D eigenvalue weighted by atomic mass is 9.77. The Balaban J connectivity index is 1.44. The number of benzene rings is 2. The number of nitrogens with one attached hydrogen (secondary N) is 4. The third kappa shape index (κ3) is 5.91. The first-order valence-corrected chi connectivity index (χ1v) is 11.9. The average Bonchev–Trinajstić information content (AvgIpc) is 3.26. The summed E-state index contributed by atoms with van der Waals surface area (Å²) < 4.78 is 0. The molecule has 5 unspecified atom stereocenters. The van der Waals surface area contributed by atoms with E-state index < -0.39 is 60.6 Å².